The predicted molar refractivity (Wildman–Crippen MR) is 114 cm³/mol. The number of nitrogens with zero attached hydrogens (tertiary/aromatic N) is 5. The van der Waals surface area contributed by atoms with Crippen LogP contribution in [0.3, 0.4) is 0 Å². The third-order valence-electron chi connectivity index (χ3n) is 5.06. The topological polar surface area (TPSA) is 182 Å². The second-order valence-corrected chi connectivity index (χ2v) is 6.95. The highest BCUT2D eigenvalue weighted by Crippen LogP contribution is 2.35. The quantitative estimate of drug-likeness (QED) is 0.233. The van der Waals surface area contributed by atoms with E-state index < -0.39 is 31.1 Å². The number of aliphatic hydroxyl groups is 3. The third kappa shape index (κ3) is 3.78. The van der Waals surface area contributed by atoms with E-state index in [0.29, 0.717) is 17.1 Å². The molecule has 1 aliphatic heterocycles. The van der Waals surface area contributed by atoms with E-state index in [1.54, 1.807) is 25.3 Å². The highest BCUT2D eigenvalue weighted by atomic mass is 16.6. The molecular weight excluding hydrogens is 422 g/mol. The Balaban J connectivity index is 1.68. The summed E-state index contributed by atoms with van der Waals surface area (Å²) in [5.41, 5.74) is 9.93. The van der Waals surface area contributed by atoms with E-state index in [1.807, 2.05) is 0 Å². The summed E-state index contributed by atoms with van der Waals surface area (Å²) < 4.78 is 17.5. The van der Waals surface area contributed by atoms with Crippen LogP contribution < -0.4 is 20.6 Å². The normalized spacial score (nSPS) is 23.2. The molecule has 13 heteroatoms. The van der Waals surface area contributed by atoms with Crippen molar-refractivity contribution in [3.63, 3.8) is 0 Å². The van der Waals surface area contributed by atoms with Crippen molar-refractivity contribution in [1.82, 2.24) is 19.5 Å². The molecule has 1 aromatic carbocycles. The maximum Gasteiger partial charge on any atom is 0.228 e. The lowest BCUT2D eigenvalue weighted by molar-refractivity contribution is -0.0501. The molecule has 170 valence electrons. The summed E-state index contributed by atoms with van der Waals surface area (Å²) in [4.78, 5) is 12.5. The first-order chi connectivity index (χ1) is 15.5. The maximum atomic E-state index is 10.5. The SMILES string of the molecule is COc1ccc(/C=N\Nc2nc3c(N)ncnc3n2[C@H]2O[C@@H](CO)[C@H](O)[C@@H]2O)cc1OC. The van der Waals surface area contributed by atoms with Crippen LogP contribution in [0, 0.1) is 0 Å². The number of aromatic nitrogens is 4. The molecule has 0 amide bonds. The highest BCUT2D eigenvalue weighted by Gasteiger charge is 2.45. The summed E-state index contributed by atoms with van der Waals surface area (Å²) in [6.45, 7) is -0.474. The van der Waals surface area contributed by atoms with Gasteiger partial charge in [0.1, 0.15) is 24.6 Å². The first kappa shape index (κ1) is 21.7. The van der Waals surface area contributed by atoms with Crippen LogP contribution in [0.15, 0.2) is 29.6 Å². The van der Waals surface area contributed by atoms with E-state index in [9.17, 15) is 15.3 Å². The first-order valence-corrected chi connectivity index (χ1v) is 9.60. The van der Waals surface area contributed by atoms with Crippen molar-refractivity contribution in [2.75, 3.05) is 32.0 Å². The number of anilines is 2. The fraction of sp³-hybridized carbons (Fsp3) is 0.368. The summed E-state index contributed by atoms with van der Waals surface area (Å²) in [6, 6.07) is 5.26. The Morgan fingerprint density at radius 2 is 2.00 bits per heavy atom. The number of ether oxygens (including phenoxy) is 3. The Hall–Kier alpha value is -3.52. The number of methoxy groups -OCH3 is 2. The number of nitrogens with two attached hydrogens (primary N) is 1. The second-order valence-electron chi connectivity index (χ2n) is 6.95. The average molecular weight is 445 g/mol. The van der Waals surface area contributed by atoms with Gasteiger partial charge in [-0.1, -0.05) is 0 Å². The van der Waals surface area contributed by atoms with Crippen molar-refractivity contribution in [2.45, 2.75) is 24.5 Å². The van der Waals surface area contributed by atoms with Crippen LogP contribution in [0.1, 0.15) is 11.8 Å². The van der Waals surface area contributed by atoms with E-state index in [1.165, 1.54) is 24.2 Å². The Morgan fingerprint density at radius 3 is 2.69 bits per heavy atom. The van der Waals surface area contributed by atoms with Crippen molar-refractivity contribution >= 4 is 29.1 Å². The van der Waals surface area contributed by atoms with E-state index in [4.69, 9.17) is 19.9 Å². The number of nitrogens with one attached hydrogen (secondary N) is 1. The maximum absolute atomic E-state index is 10.5. The molecule has 1 fully saturated rings. The fourth-order valence-electron chi connectivity index (χ4n) is 3.44. The van der Waals surface area contributed by atoms with Gasteiger partial charge in [-0.05, 0) is 23.8 Å². The van der Waals surface area contributed by atoms with Crippen LogP contribution in [0.4, 0.5) is 11.8 Å². The Morgan fingerprint density at radius 1 is 1.22 bits per heavy atom. The van der Waals surface area contributed by atoms with Crippen LogP contribution >= 0.6 is 0 Å². The summed E-state index contributed by atoms with van der Waals surface area (Å²) in [5, 5.41) is 34.3. The lowest BCUT2D eigenvalue weighted by atomic mass is 10.1. The molecule has 2 aromatic heterocycles. The molecule has 0 radical (unpaired) electrons. The van der Waals surface area contributed by atoms with E-state index in [-0.39, 0.29) is 22.9 Å². The molecule has 0 unspecified atom stereocenters. The van der Waals surface area contributed by atoms with Gasteiger partial charge >= 0.3 is 0 Å². The number of imidazole rings is 1. The number of hydrogen-bond donors (Lipinski definition) is 5. The van der Waals surface area contributed by atoms with Crippen molar-refractivity contribution in [1.29, 1.82) is 0 Å². The fourth-order valence-corrected chi connectivity index (χ4v) is 3.44. The van der Waals surface area contributed by atoms with Gasteiger partial charge < -0.3 is 35.3 Å². The molecule has 3 heterocycles. The molecule has 0 saturated carbocycles. The summed E-state index contributed by atoms with van der Waals surface area (Å²) in [7, 11) is 3.08. The number of nitrogen functional groups attached to an aromatic ring is 1. The van der Waals surface area contributed by atoms with Crippen LogP contribution in [0.25, 0.3) is 11.2 Å². The molecule has 4 rings (SSSR count). The van der Waals surface area contributed by atoms with Gasteiger partial charge in [-0.25, -0.2) is 20.4 Å². The van der Waals surface area contributed by atoms with E-state index in [2.05, 4.69) is 25.5 Å². The summed E-state index contributed by atoms with van der Waals surface area (Å²) in [6.07, 6.45) is -1.96. The first-order valence-electron chi connectivity index (χ1n) is 9.60. The number of hydrazone groups is 1. The van der Waals surface area contributed by atoms with Gasteiger partial charge in [0.25, 0.3) is 0 Å². The van der Waals surface area contributed by atoms with Crippen molar-refractivity contribution in [2.24, 2.45) is 5.10 Å². The minimum absolute atomic E-state index is 0.118. The van der Waals surface area contributed by atoms with Gasteiger partial charge in [0, 0.05) is 0 Å². The summed E-state index contributed by atoms with van der Waals surface area (Å²) in [5.74, 6) is 1.38. The van der Waals surface area contributed by atoms with Crippen molar-refractivity contribution in [3.8, 4) is 11.5 Å². The monoisotopic (exact) mass is 445 g/mol. The number of benzene rings is 1. The smallest absolute Gasteiger partial charge is 0.228 e. The Bertz CT molecular complexity index is 1140. The molecule has 1 saturated heterocycles. The number of fused-ring (bicyclic) bond motifs is 1. The number of hydrogen-bond acceptors (Lipinski definition) is 12. The molecule has 0 aliphatic carbocycles. The van der Waals surface area contributed by atoms with E-state index >= 15 is 0 Å². The summed E-state index contributed by atoms with van der Waals surface area (Å²) >= 11 is 0. The molecule has 6 N–H and O–H groups in total. The predicted octanol–water partition coefficient (Wildman–Crippen LogP) is -0.517. The second kappa shape index (κ2) is 8.92. The molecule has 3 aromatic rings. The zero-order valence-electron chi connectivity index (χ0n) is 17.3. The standard InChI is InChI=1S/C19H23N7O6/c1-30-10-4-3-9(5-11(10)31-2)6-23-25-19-24-13-16(20)21-8-22-17(13)26(19)18-15(29)14(28)12(7-27)32-18/h3-6,8,12,14-15,18,27-29H,7H2,1-2H3,(H,24,25)(H2,20,21,22)/b23-6-/t12-,14-,15-,18-/m0/s1. The lowest BCUT2D eigenvalue weighted by Gasteiger charge is -2.18. The largest absolute Gasteiger partial charge is 0.493 e. The highest BCUT2D eigenvalue weighted by molar-refractivity contribution is 5.85. The molecule has 4 atom stereocenters. The van der Waals surface area contributed by atoms with Gasteiger partial charge in [-0.2, -0.15) is 5.10 Å². The van der Waals surface area contributed by atoms with Crippen molar-refractivity contribution in [3.05, 3.63) is 30.1 Å². The van der Waals surface area contributed by atoms with Gasteiger partial charge in [-0.15, -0.1) is 0 Å². The molecule has 0 bridgehead atoms. The number of aliphatic hydroxyl groups excluding tert-OH is 3. The molecule has 0 spiro atoms. The lowest BCUT2D eigenvalue weighted by Crippen LogP contribution is -2.33. The van der Waals surface area contributed by atoms with E-state index in [0.717, 1.165) is 0 Å². The van der Waals surface area contributed by atoms with Gasteiger partial charge in [0.2, 0.25) is 5.95 Å². The van der Waals surface area contributed by atoms with Crippen LogP contribution in [-0.4, -0.2) is 80.2 Å². The zero-order valence-corrected chi connectivity index (χ0v) is 17.3. The van der Waals surface area contributed by atoms with Gasteiger partial charge in [0.15, 0.2) is 34.7 Å². The van der Waals surface area contributed by atoms with Crippen LogP contribution in [0.5, 0.6) is 11.5 Å². The molecular formula is C19H23N7O6. The molecule has 1 aliphatic rings. The third-order valence-corrected chi connectivity index (χ3v) is 5.06. The van der Waals surface area contributed by atoms with Crippen LogP contribution in [-0.2, 0) is 4.74 Å². The average Bonchev–Trinajstić information content (AvgIpc) is 3.31. The Kier molecular flexibility index (Phi) is 6.05. The molecule has 13 nitrogen and oxygen atoms in total. The number of rotatable bonds is 7. The minimum atomic E-state index is -1.35. The van der Waals surface area contributed by atoms with Crippen LogP contribution in [0.2, 0.25) is 0 Å². The zero-order chi connectivity index (χ0) is 22.8. The minimum Gasteiger partial charge on any atom is -0.493 e. The van der Waals surface area contributed by atoms with Crippen molar-refractivity contribution < 1.29 is 29.5 Å². The Labute approximate surface area is 182 Å². The van der Waals surface area contributed by atoms with Gasteiger partial charge in [0.05, 0.1) is 27.0 Å². The molecule has 32 heavy (non-hydrogen) atoms. The van der Waals surface area contributed by atoms with Gasteiger partial charge in [-0.3, -0.25) is 4.57 Å².